The van der Waals surface area contributed by atoms with E-state index in [4.69, 9.17) is 0 Å². The zero-order valence-corrected chi connectivity index (χ0v) is 26.2. The van der Waals surface area contributed by atoms with Gasteiger partial charge in [-0.1, -0.05) is 98.8 Å². The number of carbonyl (C=O) groups is 1. The molecule has 1 aliphatic heterocycles. The first-order valence-corrected chi connectivity index (χ1v) is 16.2. The summed E-state index contributed by atoms with van der Waals surface area (Å²) < 4.78 is 2.40. The second kappa shape index (κ2) is 9.31. The maximum absolute atomic E-state index is 13.8. The summed E-state index contributed by atoms with van der Waals surface area (Å²) in [5.74, 6) is 0.110. The second-order valence-corrected chi connectivity index (χ2v) is 13.3. The summed E-state index contributed by atoms with van der Waals surface area (Å²) >= 11 is 0. The van der Waals surface area contributed by atoms with Crippen LogP contribution < -0.4 is 4.90 Å². The number of ketones is 1. The SMILES string of the molecule is CC1(C)c2ccccc2N(c2ccc3c(c2)-c2cc4cccccc-4c2C3=O)c2cc3c4ccccc4n(-c4ccccc4)c3cc21. The zero-order chi connectivity index (χ0) is 31.4. The molecule has 0 atom stereocenters. The van der Waals surface area contributed by atoms with Crippen LogP contribution in [0.1, 0.15) is 40.9 Å². The number of fused-ring (bicyclic) bond motifs is 10. The van der Waals surface area contributed by atoms with E-state index in [0.717, 1.165) is 44.8 Å². The standard InChI is InChI=1S/C44H30N2O/c1-44(2)36-18-10-12-20-39(36)46(29-21-22-32-33(24-29)35-23-27-13-5-3-8-16-30(27)42(35)43(32)47)41-25-34-31-17-9-11-19-38(31)45(40(34)26-37(41)44)28-14-6-4-7-15-28/h3-26H,1-2H3. The first-order chi connectivity index (χ1) is 23.0. The fourth-order valence-corrected chi connectivity index (χ4v) is 8.27. The normalized spacial score (nSPS) is 14.3. The monoisotopic (exact) mass is 602 g/mol. The molecule has 4 aliphatic rings. The van der Waals surface area contributed by atoms with Crippen molar-refractivity contribution in [2.24, 2.45) is 0 Å². The van der Waals surface area contributed by atoms with Crippen LogP contribution in [0.15, 0.2) is 146 Å². The van der Waals surface area contributed by atoms with E-state index in [-0.39, 0.29) is 11.2 Å². The summed E-state index contributed by atoms with van der Waals surface area (Å²) in [7, 11) is 0. The Morgan fingerprint density at radius 3 is 2.11 bits per heavy atom. The molecule has 0 bridgehead atoms. The number of hydrogen-bond donors (Lipinski definition) is 0. The van der Waals surface area contributed by atoms with Gasteiger partial charge in [0.2, 0.25) is 0 Å². The van der Waals surface area contributed by atoms with Gasteiger partial charge in [0.05, 0.1) is 22.4 Å². The molecular formula is C44H30N2O. The van der Waals surface area contributed by atoms with Crippen LogP contribution in [-0.4, -0.2) is 10.4 Å². The molecule has 3 nitrogen and oxygen atoms in total. The number of nitrogens with zero attached hydrogens (tertiary/aromatic N) is 2. The average Bonchev–Trinajstić information content (AvgIpc) is 3.64. The molecule has 0 spiro atoms. The summed E-state index contributed by atoms with van der Waals surface area (Å²) in [4.78, 5) is 16.2. The topological polar surface area (TPSA) is 25.2 Å². The summed E-state index contributed by atoms with van der Waals surface area (Å²) in [6, 6.07) is 51.8. The molecule has 3 aliphatic carbocycles. The molecule has 222 valence electrons. The number of para-hydroxylation sites is 3. The third-order valence-electron chi connectivity index (χ3n) is 10.5. The van der Waals surface area contributed by atoms with Gasteiger partial charge in [-0.15, -0.1) is 0 Å². The van der Waals surface area contributed by atoms with Crippen molar-refractivity contribution in [3.63, 3.8) is 0 Å². The lowest BCUT2D eigenvalue weighted by molar-refractivity contribution is 0.104. The van der Waals surface area contributed by atoms with E-state index in [1.54, 1.807) is 0 Å². The van der Waals surface area contributed by atoms with E-state index in [0.29, 0.717) is 0 Å². The Labute approximate surface area is 273 Å². The van der Waals surface area contributed by atoms with E-state index in [9.17, 15) is 4.79 Å². The van der Waals surface area contributed by atoms with Gasteiger partial charge in [-0.3, -0.25) is 4.79 Å². The summed E-state index contributed by atoms with van der Waals surface area (Å²) in [6.07, 6.45) is 0. The molecule has 47 heavy (non-hydrogen) atoms. The van der Waals surface area contributed by atoms with Gasteiger partial charge in [0.15, 0.2) is 5.78 Å². The van der Waals surface area contributed by atoms with Gasteiger partial charge in [0, 0.05) is 38.7 Å². The molecule has 0 saturated carbocycles. The van der Waals surface area contributed by atoms with Gasteiger partial charge in [-0.05, 0) is 94.0 Å². The first-order valence-electron chi connectivity index (χ1n) is 16.2. The second-order valence-electron chi connectivity index (χ2n) is 13.3. The highest BCUT2D eigenvalue weighted by Crippen LogP contribution is 2.55. The van der Waals surface area contributed by atoms with Crippen LogP contribution in [0.3, 0.4) is 0 Å². The van der Waals surface area contributed by atoms with Crippen molar-refractivity contribution in [3.05, 3.63) is 168 Å². The first kappa shape index (κ1) is 26.3. The molecule has 0 unspecified atom stereocenters. The third-order valence-corrected chi connectivity index (χ3v) is 10.5. The quantitative estimate of drug-likeness (QED) is 0.197. The van der Waals surface area contributed by atoms with Crippen molar-refractivity contribution in [3.8, 4) is 27.9 Å². The van der Waals surface area contributed by atoms with E-state index in [1.165, 1.54) is 44.3 Å². The van der Waals surface area contributed by atoms with Gasteiger partial charge < -0.3 is 9.47 Å². The molecule has 6 aromatic rings. The molecule has 0 radical (unpaired) electrons. The average molecular weight is 603 g/mol. The minimum absolute atomic E-state index is 0.110. The van der Waals surface area contributed by atoms with E-state index < -0.39 is 0 Å². The van der Waals surface area contributed by atoms with Crippen LogP contribution in [0.5, 0.6) is 0 Å². The highest BCUT2D eigenvalue weighted by Gasteiger charge is 2.39. The van der Waals surface area contributed by atoms with Crippen LogP contribution >= 0.6 is 0 Å². The molecule has 5 aromatic carbocycles. The number of carbonyl (C=O) groups excluding carboxylic acids is 1. The molecular weight excluding hydrogens is 572 g/mol. The van der Waals surface area contributed by atoms with Gasteiger partial charge in [0.1, 0.15) is 0 Å². The molecule has 2 heterocycles. The largest absolute Gasteiger partial charge is 0.310 e. The van der Waals surface area contributed by atoms with Crippen molar-refractivity contribution in [1.82, 2.24) is 4.57 Å². The van der Waals surface area contributed by atoms with Gasteiger partial charge >= 0.3 is 0 Å². The lowest BCUT2D eigenvalue weighted by Gasteiger charge is -2.42. The van der Waals surface area contributed by atoms with Crippen LogP contribution in [0.25, 0.3) is 49.7 Å². The van der Waals surface area contributed by atoms with Crippen molar-refractivity contribution in [2.45, 2.75) is 19.3 Å². The lowest BCUT2D eigenvalue weighted by atomic mass is 9.73. The minimum atomic E-state index is -0.243. The van der Waals surface area contributed by atoms with Crippen LogP contribution in [0, 0.1) is 0 Å². The molecule has 10 rings (SSSR count). The predicted octanol–water partition coefficient (Wildman–Crippen LogP) is 11.2. The highest BCUT2D eigenvalue weighted by molar-refractivity contribution is 6.26. The molecule has 0 amide bonds. The number of hydrogen-bond acceptors (Lipinski definition) is 2. The Balaban J connectivity index is 1.26. The number of anilines is 3. The smallest absolute Gasteiger partial charge is 0.194 e. The van der Waals surface area contributed by atoms with E-state index >= 15 is 0 Å². The lowest BCUT2D eigenvalue weighted by Crippen LogP contribution is -2.30. The Morgan fingerprint density at radius 1 is 0.489 bits per heavy atom. The fourth-order valence-electron chi connectivity index (χ4n) is 8.27. The molecule has 0 saturated heterocycles. The van der Waals surface area contributed by atoms with Crippen molar-refractivity contribution in [2.75, 3.05) is 4.90 Å². The summed E-state index contributed by atoms with van der Waals surface area (Å²) in [5, 5.41) is 2.45. The van der Waals surface area contributed by atoms with Crippen molar-refractivity contribution in [1.29, 1.82) is 0 Å². The Kier molecular flexibility index (Phi) is 5.21. The van der Waals surface area contributed by atoms with Crippen LogP contribution in [0.2, 0.25) is 0 Å². The third kappa shape index (κ3) is 3.49. The minimum Gasteiger partial charge on any atom is -0.310 e. The van der Waals surface area contributed by atoms with Gasteiger partial charge in [0.25, 0.3) is 0 Å². The molecule has 1 aromatic heterocycles. The summed E-state index contributed by atoms with van der Waals surface area (Å²) in [5.41, 5.74) is 15.0. The van der Waals surface area contributed by atoms with Gasteiger partial charge in [-0.25, -0.2) is 0 Å². The Hall–Kier alpha value is -5.93. The predicted molar refractivity (Wildman–Crippen MR) is 193 cm³/mol. The number of rotatable bonds is 2. The maximum atomic E-state index is 13.8. The van der Waals surface area contributed by atoms with Crippen LogP contribution in [0.4, 0.5) is 17.1 Å². The van der Waals surface area contributed by atoms with Crippen molar-refractivity contribution < 1.29 is 4.79 Å². The van der Waals surface area contributed by atoms with E-state index in [2.05, 4.69) is 145 Å². The van der Waals surface area contributed by atoms with E-state index in [1.807, 2.05) is 24.3 Å². The van der Waals surface area contributed by atoms with Crippen LogP contribution in [-0.2, 0) is 5.41 Å². The zero-order valence-electron chi connectivity index (χ0n) is 26.2. The Morgan fingerprint density at radius 2 is 1.23 bits per heavy atom. The molecule has 0 N–H and O–H groups in total. The summed E-state index contributed by atoms with van der Waals surface area (Å²) in [6.45, 7) is 4.68. The van der Waals surface area contributed by atoms with Gasteiger partial charge in [-0.2, -0.15) is 0 Å². The number of benzene rings is 5. The molecule has 3 heteroatoms. The highest BCUT2D eigenvalue weighted by atomic mass is 16.1. The molecule has 0 fully saturated rings. The maximum Gasteiger partial charge on any atom is 0.194 e. The van der Waals surface area contributed by atoms with Crippen molar-refractivity contribution >= 4 is 44.7 Å². The fraction of sp³-hybridized carbons (Fsp3) is 0.0682. The Bertz CT molecular complexity index is 2570. The number of aromatic nitrogens is 1.